The minimum atomic E-state index is -0.491. The van der Waals surface area contributed by atoms with Gasteiger partial charge in [0.15, 0.2) is 0 Å². The van der Waals surface area contributed by atoms with E-state index < -0.39 is 12.0 Å². The fourth-order valence-corrected chi connectivity index (χ4v) is 3.78. The van der Waals surface area contributed by atoms with Crippen LogP contribution in [0.15, 0.2) is 47.7 Å². The Morgan fingerprint density at radius 2 is 1.77 bits per heavy atom. The smallest absolute Gasteiger partial charge is 0.338 e. The van der Waals surface area contributed by atoms with Gasteiger partial charge >= 0.3 is 5.97 Å². The average Bonchev–Trinajstić information content (AvgIpc) is 3.22. The van der Waals surface area contributed by atoms with Crippen LogP contribution < -0.4 is 10.1 Å². The van der Waals surface area contributed by atoms with E-state index in [0.29, 0.717) is 23.8 Å². The van der Waals surface area contributed by atoms with Gasteiger partial charge in [-0.25, -0.2) is 4.79 Å². The summed E-state index contributed by atoms with van der Waals surface area (Å²) in [4.78, 5) is 12.5. The second-order valence-electron chi connectivity index (χ2n) is 7.73. The van der Waals surface area contributed by atoms with Crippen molar-refractivity contribution in [1.82, 2.24) is 20.2 Å². The SMILES string of the molecule is COC(=O)C1=C(C)Nc2nnnn2C1c1ccc(OCc2cc(C)c(C)cc2C)cc1. The Balaban J connectivity index is 1.59. The zero-order valence-corrected chi connectivity index (χ0v) is 18.3. The van der Waals surface area contributed by atoms with E-state index in [9.17, 15) is 4.79 Å². The first-order valence-corrected chi connectivity index (χ1v) is 10.0. The molecule has 8 heteroatoms. The number of fused-ring (bicyclic) bond motifs is 1. The summed E-state index contributed by atoms with van der Waals surface area (Å²) >= 11 is 0. The molecule has 2 heterocycles. The van der Waals surface area contributed by atoms with Crippen molar-refractivity contribution in [2.45, 2.75) is 40.3 Å². The summed E-state index contributed by atoms with van der Waals surface area (Å²) in [5, 5.41) is 14.8. The predicted molar refractivity (Wildman–Crippen MR) is 116 cm³/mol. The summed E-state index contributed by atoms with van der Waals surface area (Å²) < 4.78 is 12.6. The number of hydrogen-bond acceptors (Lipinski definition) is 7. The van der Waals surface area contributed by atoms with Crippen LogP contribution in [0.4, 0.5) is 5.95 Å². The molecule has 3 aromatic rings. The minimum Gasteiger partial charge on any atom is -0.489 e. The van der Waals surface area contributed by atoms with Crippen LogP contribution in [0.1, 0.15) is 40.8 Å². The molecule has 1 aromatic heterocycles. The van der Waals surface area contributed by atoms with Crippen LogP contribution in [-0.2, 0) is 16.1 Å². The summed E-state index contributed by atoms with van der Waals surface area (Å²) in [6.45, 7) is 8.61. The first-order chi connectivity index (χ1) is 14.9. The third-order valence-corrected chi connectivity index (χ3v) is 5.66. The molecule has 1 atom stereocenters. The number of benzene rings is 2. The lowest BCUT2D eigenvalue weighted by Gasteiger charge is -2.27. The molecule has 0 fully saturated rings. The topological polar surface area (TPSA) is 91.2 Å². The average molecular weight is 419 g/mol. The lowest BCUT2D eigenvalue weighted by Crippen LogP contribution is -2.29. The Labute approximate surface area is 180 Å². The van der Waals surface area contributed by atoms with Crippen LogP contribution in [0.2, 0.25) is 0 Å². The van der Waals surface area contributed by atoms with Crippen LogP contribution in [0, 0.1) is 20.8 Å². The molecule has 0 spiro atoms. The standard InChI is InChI=1S/C23H25N5O3/c1-13-10-15(3)18(11-14(13)2)12-31-19-8-6-17(7-9-19)21-20(22(29)30-5)16(4)24-23-25-26-27-28(21)23/h6-11,21H,12H2,1-5H3,(H,24,25,27). The number of carbonyl (C=O) groups is 1. The highest BCUT2D eigenvalue weighted by Crippen LogP contribution is 2.35. The van der Waals surface area contributed by atoms with E-state index in [-0.39, 0.29) is 0 Å². The number of hydrogen-bond donors (Lipinski definition) is 1. The molecule has 2 aromatic carbocycles. The maximum Gasteiger partial charge on any atom is 0.338 e. The number of anilines is 1. The summed E-state index contributed by atoms with van der Waals surface area (Å²) in [7, 11) is 1.36. The lowest BCUT2D eigenvalue weighted by molar-refractivity contribution is -0.136. The predicted octanol–water partition coefficient (Wildman–Crippen LogP) is 3.64. The number of nitrogens with one attached hydrogen (secondary N) is 1. The van der Waals surface area contributed by atoms with Crippen LogP contribution in [0.5, 0.6) is 5.75 Å². The fourth-order valence-electron chi connectivity index (χ4n) is 3.78. The third kappa shape index (κ3) is 3.88. The second-order valence-corrected chi connectivity index (χ2v) is 7.73. The fraction of sp³-hybridized carbons (Fsp3) is 0.304. The van der Waals surface area contributed by atoms with Gasteiger partial charge in [0.1, 0.15) is 18.4 Å². The van der Waals surface area contributed by atoms with Crippen LogP contribution in [-0.4, -0.2) is 33.3 Å². The monoisotopic (exact) mass is 419 g/mol. The number of allylic oxidation sites excluding steroid dienone is 1. The quantitative estimate of drug-likeness (QED) is 0.631. The van der Waals surface area contributed by atoms with Gasteiger partial charge in [0.05, 0.1) is 12.7 Å². The van der Waals surface area contributed by atoms with Gasteiger partial charge in [0.25, 0.3) is 0 Å². The van der Waals surface area contributed by atoms with Crippen molar-refractivity contribution in [2.75, 3.05) is 12.4 Å². The number of aromatic nitrogens is 4. The summed E-state index contributed by atoms with van der Waals surface area (Å²) in [5.74, 6) is 0.787. The molecule has 1 aliphatic heterocycles. The van der Waals surface area contributed by atoms with Gasteiger partial charge < -0.3 is 14.8 Å². The molecule has 4 rings (SSSR count). The number of ether oxygens (including phenoxy) is 2. The summed E-state index contributed by atoms with van der Waals surface area (Å²) in [6.07, 6.45) is 0. The van der Waals surface area contributed by atoms with Gasteiger partial charge in [-0.2, -0.15) is 4.68 Å². The Morgan fingerprint density at radius 3 is 2.48 bits per heavy atom. The van der Waals surface area contributed by atoms with Crippen molar-refractivity contribution in [3.63, 3.8) is 0 Å². The normalized spacial score (nSPS) is 15.3. The first-order valence-electron chi connectivity index (χ1n) is 10.0. The molecule has 0 amide bonds. The number of rotatable bonds is 5. The first kappa shape index (κ1) is 20.6. The Bertz CT molecular complexity index is 1160. The van der Waals surface area contributed by atoms with Gasteiger partial charge in [-0.15, -0.1) is 0 Å². The van der Waals surface area contributed by atoms with Crippen molar-refractivity contribution in [3.05, 3.63) is 75.5 Å². The summed E-state index contributed by atoms with van der Waals surface area (Å²) in [6, 6.07) is 11.5. The van der Waals surface area contributed by atoms with E-state index in [1.165, 1.54) is 23.8 Å². The lowest BCUT2D eigenvalue weighted by atomic mass is 9.96. The van der Waals surface area contributed by atoms with Crippen molar-refractivity contribution in [2.24, 2.45) is 0 Å². The van der Waals surface area contributed by atoms with Gasteiger partial charge in [-0.05, 0) is 78.1 Å². The molecule has 0 saturated carbocycles. The highest BCUT2D eigenvalue weighted by Gasteiger charge is 2.34. The second kappa shape index (κ2) is 8.22. The Kier molecular flexibility index (Phi) is 5.46. The zero-order valence-electron chi connectivity index (χ0n) is 18.3. The molecule has 0 aliphatic carbocycles. The maximum atomic E-state index is 12.5. The van der Waals surface area contributed by atoms with Gasteiger partial charge in [-0.3, -0.25) is 0 Å². The van der Waals surface area contributed by atoms with Gasteiger partial charge in [-0.1, -0.05) is 29.4 Å². The van der Waals surface area contributed by atoms with E-state index in [1.807, 2.05) is 24.3 Å². The minimum absolute atomic E-state index is 0.429. The van der Waals surface area contributed by atoms with Crippen molar-refractivity contribution in [3.8, 4) is 5.75 Å². The van der Waals surface area contributed by atoms with Crippen LogP contribution in [0.25, 0.3) is 0 Å². The summed E-state index contributed by atoms with van der Waals surface area (Å²) in [5.41, 5.74) is 6.87. The van der Waals surface area contributed by atoms with E-state index in [1.54, 1.807) is 11.6 Å². The van der Waals surface area contributed by atoms with Gasteiger partial charge in [0, 0.05) is 5.70 Å². The number of methoxy groups -OCH3 is 1. The number of tetrazole rings is 1. The van der Waals surface area contributed by atoms with Crippen LogP contribution >= 0.6 is 0 Å². The molecule has 1 N–H and O–H groups in total. The van der Waals surface area contributed by atoms with Crippen LogP contribution in [0.3, 0.4) is 0 Å². The molecule has 0 saturated heterocycles. The molecule has 0 radical (unpaired) electrons. The number of aryl methyl sites for hydroxylation is 3. The zero-order chi connectivity index (χ0) is 22.1. The third-order valence-electron chi connectivity index (χ3n) is 5.66. The number of carbonyl (C=O) groups excluding carboxylic acids is 1. The van der Waals surface area contributed by atoms with E-state index in [2.05, 4.69) is 53.7 Å². The van der Waals surface area contributed by atoms with E-state index in [4.69, 9.17) is 9.47 Å². The highest BCUT2D eigenvalue weighted by molar-refractivity contribution is 5.92. The van der Waals surface area contributed by atoms with E-state index >= 15 is 0 Å². The molecule has 160 valence electrons. The van der Waals surface area contributed by atoms with Crippen molar-refractivity contribution >= 4 is 11.9 Å². The molecule has 31 heavy (non-hydrogen) atoms. The van der Waals surface area contributed by atoms with E-state index in [0.717, 1.165) is 16.9 Å². The molecule has 8 nitrogen and oxygen atoms in total. The Morgan fingerprint density at radius 1 is 1.06 bits per heavy atom. The largest absolute Gasteiger partial charge is 0.489 e. The highest BCUT2D eigenvalue weighted by atomic mass is 16.5. The number of nitrogens with zero attached hydrogens (tertiary/aromatic N) is 4. The number of esters is 1. The molecule has 1 aliphatic rings. The van der Waals surface area contributed by atoms with Crippen molar-refractivity contribution < 1.29 is 14.3 Å². The Hall–Kier alpha value is -3.68. The molecular formula is C23H25N5O3. The van der Waals surface area contributed by atoms with Gasteiger partial charge in [0.2, 0.25) is 5.95 Å². The molecule has 1 unspecified atom stereocenters. The van der Waals surface area contributed by atoms with Crippen molar-refractivity contribution in [1.29, 1.82) is 0 Å². The molecule has 0 bridgehead atoms. The maximum absolute atomic E-state index is 12.5. The molecular weight excluding hydrogens is 394 g/mol.